The lowest BCUT2D eigenvalue weighted by Crippen LogP contribution is -2.46. The van der Waals surface area contributed by atoms with E-state index < -0.39 is 6.04 Å². The van der Waals surface area contributed by atoms with Crippen LogP contribution in [0.25, 0.3) is 0 Å². The number of amides is 1. The van der Waals surface area contributed by atoms with Crippen molar-refractivity contribution in [2.24, 2.45) is 5.73 Å². The fourth-order valence-corrected chi connectivity index (χ4v) is 1.63. The van der Waals surface area contributed by atoms with Gasteiger partial charge < -0.3 is 10.6 Å². The molecule has 0 saturated heterocycles. The minimum Gasteiger partial charge on any atom is -0.335 e. The predicted molar refractivity (Wildman–Crippen MR) is 71.3 cm³/mol. The zero-order chi connectivity index (χ0) is 13.5. The van der Waals surface area contributed by atoms with Crippen molar-refractivity contribution in [1.29, 1.82) is 0 Å². The third-order valence-electron chi connectivity index (χ3n) is 2.64. The van der Waals surface area contributed by atoms with Crippen molar-refractivity contribution in [3.8, 4) is 12.3 Å². The highest BCUT2D eigenvalue weighted by Gasteiger charge is 2.22. The smallest absolute Gasteiger partial charge is 0.241 e. The number of hydrogen-bond donors (Lipinski definition) is 1. The van der Waals surface area contributed by atoms with Crippen molar-refractivity contribution in [3.63, 3.8) is 0 Å². The van der Waals surface area contributed by atoms with Gasteiger partial charge in [-0.3, -0.25) is 9.78 Å². The minimum atomic E-state index is -0.630. The maximum atomic E-state index is 12.2. The first-order valence-corrected chi connectivity index (χ1v) is 5.94. The first kappa shape index (κ1) is 14.2. The molecule has 0 saturated carbocycles. The van der Waals surface area contributed by atoms with Gasteiger partial charge in [-0.2, -0.15) is 0 Å². The Morgan fingerprint density at radius 3 is 2.83 bits per heavy atom. The van der Waals surface area contributed by atoms with Crippen LogP contribution in [0.3, 0.4) is 0 Å². The van der Waals surface area contributed by atoms with Crippen molar-refractivity contribution < 1.29 is 4.79 Å². The average molecular weight is 245 g/mol. The number of carbonyl (C=O) groups is 1. The molecule has 1 unspecified atom stereocenters. The quantitative estimate of drug-likeness (QED) is 0.792. The van der Waals surface area contributed by atoms with Crippen LogP contribution in [0.4, 0.5) is 0 Å². The summed E-state index contributed by atoms with van der Waals surface area (Å²) in [4.78, 5) is 17.9. The molecule has 0 aliphatic carbocycles. The Balaban J connectivity index is 2.78. The van der Waals surface area contributed by atoms with E-state index in [9.17, 15) is 4.79 Å². The summed E-state index contributed by atoms with van der Waals surface area (Å²) < 4.78 is 0. The molecular formula is C14H19N3O. The highest BCUT2D eigenvalue weighted by atomic mass is 16.2. The van der Waals surface area contributed by atoms with Gasteiger partial charge >= 0.3 is 0 Å². The Morgan fingerprint density at radius 1 is 1.61 bits per heavy atom. The fourth-order valence-electron chi connectivity index (χ4n) is 1.63. The molecule has 1 aromatic heterocycles. The Labute approximate surface area is 108 Å². The lowest BCUT2D eigenvalue weighted by molar-refractivity contribution is -0.134. The van der Waals surface area contributed by atoms with Crippen LogP contribution in [-0.4, -0.2) is 27.9 Å². The third kappa shape index (κ3) is 3.86. The van der Waals surface area contributed by atoms with Crippen molar-refractivity contribution in [3.05, 3.63) is 30.1 Å². The van der Waals surface area contributed by atoms with E-state index in [1.165, 1.54) is 0 Å². The van der Waals surface area contributed by atoms with E-state index in [2.05, 4.69) is 10.9 Å². The van der Waals surface area contributed by atoms with Gasteiger partial charge in [0, 0.05) is 31.4 Å². The van der Waals surface area contributed by atoms with E-state index in [0.717, 1.165) is 5.56 Å². The third-order valence-corrected chi connectivity index (χ3v) is 2.64. The number of terminal acetylenes is 1. The molecule has 1 rings (SSSR count). The lowest BCUT2D eigenvalue weighted by atomic mass is 10.1. The molecule has 0 aliphatic rings. The first-order valence-electron chi connectivity index (χ1n) is 5.94. The summed E-state index contributed by atoms with van der Waals surface area (Å²) in [6, 6.07) is 3.22. The van der Waals surface area contributed by atoms with Crippen LogP contribution in [0, 0.1) is 12.3 Å². The van der Waals surface area contributed by atoms with Gasteiger partial charge in [0.2, 0.25) is 5.91 Å². The molecule has 18 heavy (non-hydrogen) atoms. The van der Waals surface area contributed by atoms with Gasteiger partial charge in [-0.05, 0) is 25.5 Å². The molecule has 4 heteroatoms. The van der Waals surface area contributed by atoms with Gasteiger partial charge in [0.25, 0.3) is 0 Å². The average Bonchev–Trinajstić information content (AvgIpc) is 2.36. The summed E-state index contributed by atoms with van der Waals surface area (Å²) in [6.45, 7) is 4.41. The standard InChI is InChI=1S/C14H19N3O/c1-4-6-13(15)14(18)17(11(2)3)10-12-7-5-8-16-9-12/h1,5,7-9,11,13H,6,10,15H2,2-3H3. The van der Waals surface area contributed by atoms with Gasteiger partial charge in [-0.15, -0.1) is 12.3 Å². The highest BCUT2D eigenvalue weighted by molar-refractivity contribution is 5.82. The summed E-state index contributed by atoms with van der Waals surface area (Å²) in [7, 11) is 0. The number of aromatic nitrogens is 1. The number of hydrogen-bond acceptors (Lipinski definition) is 3. The Kier molecular flexibility index (Phi) is 5.34. The zero-order valence-electron chi connectivity index (χ0n) is 10.8. The van der Waals surface area contributed by atoms with Gasteiger partial charge in [-0.25, -0.2) is 0 Å². The van der Waals surface area contributed by atoms with Crippen LogP contribution in [-0.2, 0) is 11.3 Å². The van der Waals surface area contributed by atoms with Crippen molar-refractivity contribution >= 4 is 5.91 Å². The molecule has 0 aromatic carbocycles. The van der Waals surface area contributed by atoms with E-state index in [4.69, 9.17) is 12.2 Å². The number of nitrogens with two attached hydrogens (primary N) is 1. The van der Waals surface area contributed by atoms with Crippen molar-refractivity contribution in [2.75, 3.05) is 0 Å². The topological polar surface area (TPSA) is 59.2 Å². The number of pyridine rings is 1. The van der Waals surface area contributed by atoms with Crippen LogP contribution in [0.2, 0.25) is 0 Å². The molecule has 1 atom stereocenters. The summed E-state index contributed by atoms with van der Waals surface area (Å²) in [5.74, 6) is 2.30. The molecule has 0 aliphatic heterocycles. The normalized spacial score (nSPS) is 11.9. The van der Waals surface area contributed by atoms with Crippen LogP contribution >= 0.6 is 0 Å². The molecule has 96 valence electrons. The minimum absolute atomic E-state index is 0.0709. The molecule has 4 nitrogen and oxygen atoms in total. The van der Waals surface area contributed by atoms with E-state index in [0.29, 0.717) is 6.54 Å². The van der Waals surface area contributed by atoms with Gasteiger partial charge in [0.15, 0.2) is 0 Å². The number of carbonyl (C=O) groups excluding carboxylic acids is 1. The zero-order valence-corrected chi connectivity index (χ0v) is 10.8. The molecule has 0 fully saturated rings. The van der Waals surface area contributed by atoms with E-state index in [-0.39, 0.29) is 18.4 Å². The summed E-state index contributed by atoms with van der Waals surface area (Å²) in [5, 5.41) is 0. The molecule has 0 bridgehead atoms. The maximum absolute atomic E-state index is 12.2. The largest absolute Gasteiger partial charge is 0.335 e. The molecule has 0 spiro atoms. The van der Waals surface area contributed by atoms with E-state index in [1.54, 1.807) is 17.3 Å². The number of rotatable bonds is 5. The molecule has 1 heterocycles. The second-order valence-electron chi connectivity index (χ2n) is 4.44. The second kappa shape index (κ2) is 6.77. The van der Waals surface area contributed by atoms with Crippen molar-refractivity contribution in [2.45, 2.75) is 38.9 Å². The monoisotopic (exact) mass is 245 g/mol. The predicted octanol–water partition coefficient (Wildman–Crippen LogP) is 1.17. The van der Waals surface area contributed by atoms with E-state index >= 15 is 0 Å². The Bertz CT molecular complexity index is 422. The molecular weight excluding hydrogens is 226 g/mol. The highest BCUT2D eigenvalue weighted by Crippen LogP contribution is 2.09. The van der Waals surface area contributed by atoms with Crippen LogP contribution < -0.4 is 5.73 Å². The lowest BCUT2D eigenvalue weighted by Gasteiger charge is -2.29. The van der Waals surface area contributed by atoms with Gasteiger partial charge in [0.1, 0.15) is 0 Å². The van der Waals surface area contributed by atoms with Crippen molar-refractivity contribution in [1.82, 2.24) is 9.88 Å². The van der Waals surface area contributed by atoms with Crippen LogP contribution in [0.15, 0.2) is 24.5 Å². The molecule has 1 aromatic rings. The maximum Gasteiger partial charge on any atom is 0.241 e. The molecule has 1 amide bonds. The molecule has 2 N–H and O–H groups in total. The number of nitrogens with zero attached hydrogens (tertiary/aromatic N) is 2. The Morgan fingerprint density at radius 2 is 2.33 bits per heavy atom. The SMILES string of the molecule is C#CCC(N)C(=O)N(Cc1cccnc1)C(C)C. The second-order valence-corrected chi connectivity index (χ2v) is 4.44. The fraction of sp³-hybridized carbons (Fsp3) is 0.429. The first-order chi connectivity index (χ1) is 8.56. The molecule has 0 radical (unpaired) electrons. The summed E-state index contributed by atoms with van der Waals surface area (Å²) >= 11 is 0. The van der Waals surface area contributed by atoms with Gasteiger partial charge in [0.05, 0.1) is 6.04 Å². The summed E-state index contributed by atoms with van der Waals surface area (Å²) in [5.41, 5.74) is 6.75. The summed E-state index contributed by atoms with van der Waals surface area (Å²) in [6.07, 6.45) is 8.89. The van der Waals surface area contributed by atoms with Crippen LogP contribution in [0.5, 0.6) is 0 Å². The Hall–Kier alpha value is -1.86. The van der Waals surface area contributed by atoms with Crippen LogP contribution in [0.1, 0.15) is 25.8 Å². The van der Waals surface area contributed by atoms with Gasteiger partial charge in [-0.1, -0.05) is 6.07 Å². The van der Waals surface area contributed by atoms with E-state index in [1.807, 2.05) is 26.0 Å².